The van der Waals surface area contributed by atoms with Gasteiger partial charge in [-0.25, -0.2) is 8.42 Å². The maximum absolute atomic E-state index is 12.8. The smallest absolute Gasteiger partial charge is 0.261 e. The highest BCUT2D eigenvalue weighted by Crippen LogP contribution is 2.25. The largest absolute Gasteiger partial charge is 0.322 e. The third-order valence-electron chi connectivity index (χ3n) is 4.51. The number of sulfonamides is 1. The number of nitrogens with one attached hydrogen (secondary N) is 2. The van der Waals surface area contributed by atoms with Crippen molar-refractivity contribution in [3.05, 3.63) is 89.0 Å². The van der Waals surface area contributed by atoms with Gasteiger partial charge in [-0.2, -0.15) is 0 Å². The molecule has 0 heterocycles. The minimum absolute atomic E-state index is 0.144. The Kier molecular flexibility index (Phi) is 5.51. The number of benzene rings is 3. The topological polar surface area (TPSA) is 75.3 Å². The normalized spacial score (nSPS) is 11.1. The van der Waals surface area contributed by atoms with Crippen LogP contribution in [-0.4, -0.2) is 14.3 Å². The van der Waals surface area contributed by atoms with E-state index in [1.54, 1.807) is 43.3 Å². The van der Waals surface area contributed by atoms with E-state index in [4.69, 9.17) is 0 Å². The van der Waals surface area contributed by atoms with Crippen LogP contribution in [0.1, 0.15) is 27.0 Å². The van der Waals surface area contributed by atoms with Gasteiger partial charge in [0.1, 0.15) is 0 Å². The van der Waals surface area contributed by atoms with Crippen molar-refractivity contribution in [3.8, 4) is 0 Å². The summed E-state index contributed by atoms with van der Waals surface area (Å²) in [6.45, 7) is 5.48. The first-order valence-corrected chi connectivity index (χ1v) is 10.3. The summed E-state index contributed by atoms with van der Waals surface area (Å²) in [7, 11) is -3.74. The van der Waals surface area contributed by atoms with Gasteiger partial charge in [0.2, 0.25) is 0 Å². The predicted molar refractivity (Wildman–Crippen MR) is 112 cm³/mol. The molecule has 0 aliphatic rings. The zero-order chi connectivity index (χ0) is 20.3. The molecule has 3 aromatic rings. The molecule has 0 aromatic heterocycles. The third kappa shape index (κ3) is 4.23. The Morgan fingerprint density at radius 2 is 1.43 bits per heavy atom. The molecule has 3 aromatic carbocycles. The molecule has 28 heavy (non-hydrogen) atoms. The minimum atomic E-state index is -3.74. The number of hydrogen-bond acceptors (Lipinski definition) is 3. The molecule has 2 N–H and O–H groups in total. The van der Waals surface area contributed by atoms with Gasteiger partial charge in [0.25, 0.3) is 15.9 Å². The average molecular weight is 394 g/mol. The van der Waals surface area contributed by atoms with Gasteiger partial charge in [-0.05, 0) is 67.8 Å². The minimum Gasteiger partial charge on any atom is -0.322 e. The summed E-state index contributed by atoms with van der Waals surface area (Å²) in [5, 5.41) is 2.82. The number of carbonyl (C=O) groups is 1. The first kappa shape index (κ1) is 19.6. The van der Waals surface area contributed by atoms with E-state index in [1.807, 2.05) is 38.1 Å². The average Bonchev–Trinajstić information content (AvgIpc) is 2.67. The first-order chi connectivity index (χ1) is 13.3. The predicted octanol–water partition coefficient (Wildman–Crippen LogP) is 4.66. The summed E-state index contributed by atoms with van der Waals surface area (Å²) in [5.74, 6) is -0.243. The van der Waals surface area contributed by atoms with Crippen molar-refractivity contribution in [2.24, 2.45) is 0 Å². The summed E-state index contributed by atoms with van der Waals surface area (Å²) in [6.07, 6.45) is 0. The molecule has 0 saturated heterocycles. The van der Waals surface area contributed by atoms with Crippen LogP contribution in [0.4, 0.5) is 11.4 Å². The summed E-state index contributed by atoms with van der Waals surface area (Å²) < 4.78 is 28.3. The van der Waals surface area contributed by atoms with Gasteiger partial charge in [-0.15, -0.1) is 0 Å². The molecule has 144 valence electrons. The molecule has 0 aliphatic heterocycles. The van der Waals surface area contributed by atoms with E-state index in [1.165, 1.54) is 6.07 Å². The standard InChI is InChI=1S/C22H22N2O3S/c1-15-8-7-9-16(2)21(15)24-28(26,27)19-12-13-20(17(3)14-19)23-22(25)18-10-5-4-6-11-18/h4-14,24H,1-3H3,(H,23,25). The highest BCUT2D eigenvalue weighted by molar-refractivity contribution is 7.92. The summed E-state index contributed by atoms with van der Waals surface area (Å²) in [6, 6.07) is 19.1. The molecule has 6 heteroatoms. The molecule has 3 rings (SSSR count). The van der Waals surface area contributed by atoms with Crippen LogP contribution in [-0.2, 0) is 10.0 Å². The van der Waals surface area contributed by atoms with Gasteiger partial charge >= 0.3 is 0 Å². The highest BCUT2D eigenvalue weighted by Gasteiger charge is 2.18. The van der Waals surface area contributed by atoms with Crippen molar-refractivity contribution in [1.82, 2.24) is 0 Å². The Morgan fingerprint density at radius 3 is 2.04 bits per heavy atom. The van der Waals surface area contributed by atoms with Crippen molar-refractivity contribution in [1.29, 1.82) is 0 Å². The molecule has 0 fully saturated rings. The maximum Gasteiger partial charge on any atom is 0.261 e. The van der Waals surface area contributed by atoms with E-state index >= 15 is 0 Å². The Hall–Kier alpha value is -3.12. The summed E-state index contributed by atoms with van der Waals surface area (Å²) in [5.41, 5.74) is 4.06. The summed E-state index contributed by atoms with van der Waals surface area (Å²) in [4.78, 5) is 12.5. The molecular weight excluding hydrogens is 372 g/mol. The second kappa shape index (κ2) is 7.86. The third-order valence-corrected chi connectivity index (χ3v) is 5.86. The Morgan fingerprint density at radius 1 is 0.786 bits per heavy atom. The first-order valence-electron chi connectivity index (χ1n) is 8.84. The van der Waals surface area contributed by atoms with E-state index in [2.05, 4.69) is 10.0 Å². The van der Waals surface area contributed by atoms with Crippen LogP contribution in [0.5, 0.6) is 0 Å². The number of anilines is 2. The van der Waals surface area contributed by atoms with Crippen LogP contribution in [0.3, 0.4) is 0 Å². The van der Waals surface area contributed by atoms with Gasteiger partial charge in [0, 0.05) is 11.3 Å². The van der Waals surface area contributed by atoms with E-state index in [-0.39, 0.29) is 10.8 Å². The lowest BCUT2D eigenvalue weighted by Crippen LogP contribution is -2.16. The van der Waals surface area contributed by atoms with Crippen molar-refractivity contribution in [3.63, 3.8) is 0 Å². The van der Waals surface area contributed by atoms with E-state index in [0.717, 1.165) is 11.1 Å². The quantitative estimate of drug-likeness (QED) is 0.661. The van der Waals surface area contributed by atoms with Crippen LogP contribution in [0, 0.1) is 20.8 Å². The van der Waals surface area contributed by atoms with Crippen molar-refractivity contribution < 1.29 is 13.2 Å². The second-order valence-corrected chi connectivity index (χ2v) is 8.35. The lowest BCUT2D eigenvalue weighted by molar-refractivity contribution is 0.102. The number of carbonyl (C=O) groups excluding carboxylic acids is 1. The number of amides is 1. The fraction of sp³-hybridized carbons (Fsp3) is 0.136. The fourth-order valence-corrected chi connectivity index (χ4v) is 4.18. The van der Waals surface area contributed by atoms with Crippen LogP contribution in [0.25, 0.3) is 0 Å². The van der Waals surface area contributed by atoms with Crippen LogP contribution < -0.4 is 10.0 Å². The van der Waals surface area contributed by atoms with Crippen LogP contribution in [0.2, 0.25) is 0 Å². The SMILES string of the molecule is Cc1cc(S(=O)(=O)Nc2c(C)cccc2C)ccc1NC(=O)c1ccccc1. The van der Waals surface area contributed by atoms with E-state index < -0.39 is 10.0 Å². The Labute approximate surface area is 165 Å². The van der Waals surface area contributed by atoms with Crippen LogP contribution >= 0.6 is 0 Å². The van der Waals surface area contributed by atoms with Crippen molar-refractivity contribution in [2.75, 3.05) is 10.0 Å². The Bertz CT molecular complexity index is 1100. The molecule has 0 unspecified atom stereocenters. The molecule has 0 radical (unpaired) electrons. The van der Waals surface area contributed by atoms with Gasteiger partial charge < -0.3 is 5.32 Å². The lowest BCUT2D eigenvalue weighted by Gasteiger charge is -2.15. The number of rotatable bonds is 5. The van der Waals surface area contributed by atoms with Gasteiger partial charge in [0.05, 0.1) is 10.6 Å². The zero-order valence-electron chi connectivity index (χ0n) is 16.0. The fourth-order valence-electron chi connectivity index (χ4n) is 2.90. The monoisotopic (exact) mass is 394 g/mol. The zero-order valence-corrected chi connectivity index (χ0v) is 16.8. The second-order valence-electron chi connectivity index (χ2n) is 6.67. The Balaban J connectivity index is 1.84. The van der Waals surface area contributed by atoms with Crippen LogP contribution in [0.15, 0.2) is 71.6 Å². The molecule has 0 aliphatic carbocycles. The van der Waals surface area contributed by atoms with E-state index in [9.17, 15) is 13.2 Å². The van der Waals surface area contributed by atoms with Gasteiger partial charge in [-0.1, -0.05) is 36.4 Å². The molecule has 0 spiro atoms. The number of hydrogen-bond donors (Lipinski definition) is 2. The molecule has 1 amide bonds. The van der Waals surface area contributed by atoms with Crippen molar-refractivity contribution in [2.45, 2.75) is 25.7 Å². The maximum atomic E-state index is 12.8. The van der Waals surface area contributed by atoms with Gasteiger partial charge in [0.15, 0.2) is 0 Å². The molecule has 0 atom stereocenters. The highest BCUT2D eigenvalue weighted by atomic mass is 32.2. The molecule has 5 nitrogen and oxygen atoms in total. The summed E-state index contributed by atoms with van der Waals surface area (Å²) >= 11 is 0. The van der Waals surface area contributed by atoms with Gasteiger partial charge in [-0.3, -0.25) is 9.52 Å². The number of para-hydroxylation sites is 1. The number of aryl methyl sites for hydroxylation is 3. The lowest BCUT2D eigenvalue weighted by atomic mass is 10.1. The molecule has 0 saturated carbocycles. The molecular formula is C22H22N2O3S. The molecule has 0 bridgehead atoms. The van der Waals surface area contributed by atoms with E-state index in [0.29, 0.717) is 22.5 Å². The van der Waals surface area contributed by atoms with Crippen molar-refractivity contribution >= 4 is 27.3 Å².